The second kappa shape index (κ2) is 10.1. The van der Waals surface area contributed by atoms with E-state index in [4.69, 9.17) is 9.47 Å². The van der Waals surface area contributed by atoms with Crippen molar-refractivity contribution in [2.45, 2.75) is 19.1 Å². The van der Waals surface area contributed by atoms with Crippen LogP contribution in [0.4, 0.5) is 9.93 Å². The minimum Gasteiger partial charge on any atom is -0.378 e. The van der Waals surface area contributed by atoms with Gasteiger partial charge in [0.1, 0.15) is 17.7 Å². The highest BCUT2D eigenvalue weighted by atomic mass is 32.1. The first-order valence-electron chi connectivity index (χ1n) is 8.95. The molecule has 10 heteroatoms. The van der Waals surface area contributed by atoms with Gasteiger partial charge in [0.25, 0.3) is 0 Å². The van der Waals surface area contributed by atoms with Crippen molar-refractivity contribution in [3.63, 3.8) is 0 Å². The molecule has 0 radical (unpaired) electrons. The van der Waals surface area contributed by atoms with Crippen LogP contribution in [0.15, 0.2) is 30.3 Å². The number of carbonyl (C=O) groups excluding carboxylic acids is 2. The van der Waals surface area contributed by atoms with Crippen LogP contribution in [-0.2, 0) is 27.3 Å². The number of benzene rings is 1. The lowest BCUT2D eigenvalue weighted by molar-refractivity contribution is -0.118. The van der Waals surface area contributed by atoms with Crippen LogP contribution in [0.25, 0.3) is 0 Å². The largest absolute Gasteiger partial charge is 0.378 e. The van der Waals surface area contributed by atoms with Gasteiger partial charge in [-0.2, -0.15) is 0 Å². The van der Waals surface area contributed by atoms with Gasteiger partial charge in [-0.25, -0.2) is 4.79 Å². The van der Waals surface area contributed by atoms with E-state index in [1.54, 1.807) is 12.0 Å². The van der Waals surface area contributed by atoms with E-state index >= 15 is 0 Å². The summed E-state index contributed by atoms with van der Waals surface area (Å²) in [7, 11) is 1.57. The number of methoxy groups -OCH3 is 1. The highest BCUT2D eigenvalue weighted by molar-refractivity contribution is 7.15. The lowest BCUT2D eigenvalue weighted by Gasteiger charge is -2.29. The number of amides is 3. The zero-order valence-corrected chi connectivity index (χ0v) is 16.4. The van der Waals surface area contributed by atoms with Crippen LogP contribution >= 0.6 is 11.3 Å². The maximum absolute atomic E-state index is 12.8. The Morgan fingerprint density at radius 3 is 2.71 bits per heavy atom. The molecule has 3 rings (SSSR count). The molecule has 3 amide bonds. The van der Waals surface area contributed by atoms with Crippen LogP contribution in [0.3, 0.4) is 0 Å². The molecule has 1 aromatic heterocycles. The Labute approximate surface area is 167 Å². The summed E-state index contributed by atoms with van der Waals surface area (Å²) >= 11 is 1.24. The summed E-state index contributed by atoms with van der Waals surface area (Å²) in [5, 5.41) is 14.5. The Morgan fingerprint density at radius 2 is 2.00 bits per heavy atom. The van der Waals surface area contributed by atoms with E-state index in [2.05, 4.69) is 20.8 Å². The minimum absolute atomic E-state index is 0.281. The van der Waals surface area contributed by atoms with Gasteiger partial charge < -0.3 is 19.7 Å². The predicted octanol–water partition coefficient (Wildman–Crippen LogP) is 1.28. The average molecular weight is 405 g/mol. The second-order valence-corrected chi connectivity index (χ2v) is 7.28. The van der Waals surface area contributed by atoms with E-state index in [0.29, 0.717) is 49.5 Å². The summed E-state index contributed by atoms with van der Waals surface area (Å²) in [6.07, 6.45) is 0.368. The molecule has 1 saturated heterocycles. The molecule has 0 spiro atoms. The summed E-state index contributed by atoms with van der Waals surface area (Å²) in [4.78, 5) is 27.1. The van der Waals surface area contributed by atoms with Crippen LogP contribution in [-0.4, -0.2) is 66.5 Å². The third-order valence-electron chi connectivity index (χ3n) is 4.16. The molecule has 28 heavy (non-hydrogen) atoms. The van der Waals surface area contributed by atoms with Crippen molar-refractivity contribution in [1.29, 1.82) is 0 Å². The van der Waals surface area contributed by atoms with Gasteiger partial charge in [-0.3, -0.25) is 10.1 Å². The smallest absolute Gasteiger partial charge is 0.318 e. The van der Waals surface area contributed by atoms with E-state index in [1.165, 1.54) is 11.3 Å². The molecule has 9 nitrogen and oxygen atoms in total. The fourth-order valence-electron chi connectivity index (χ4n) is 2.74. The first-order chi connectivity index (χ1) is 13.7. The Balaban J connectivity index is 1.68. The zero-order valence-electron chi connectivity index (χ0n) is 15.6. The molecule has 0 bridgehead atoms. The highest BCUT2D eigenvalue weighted by Gasteiger charge is 2.26. The topological polar surface area (TPSA) is 106 Å². The molecule has 2 aromatic rings. The normalized spacial score (nSPS) is 15.1. The first-order valence-corrected chi connectivity index (χ1v) is 9.76. The summed E-state index contributed by atoms with van der Waals surface area (Å²) in [6, 6.07) is 8.52. The molecule has 2 heterocycles. The number of morpholine rings is 1. The van der Waals surface area contributed by atoms with E-state index in [0.717, 1.165) is 5.56 Å². The molecule has 1 aliphatic rings. The van der Waals surface area contributed by atoms with Gasteiger partial charge in [-0.1, -0.05) is 41.7 Å². The lowest BCUT2D eigenvalue weighted by atomic mass is 10.1. The fraction of sp³-hybridized carbons (Fsp3) is 0.444. The van der Waals surface area contributed by atoms with Crippen molar-refractivity contribution in [3.05, 3.63) is 40.9 Å². The quantitative estimate of drug-likeness (QED) is 0.719. The van der Waals surface area contributed by atoms with E-state index < -0.39 is 6.04 Å². The second-order valence-electron chi connectivity index (χ2n) is 6.21. The number of ether oxygens (including phenoxy) is 2. The fourth-order valence-corrected chi connectivity index (χ4v) is 3.46. The van der Waals surface area contributed by atoms with Crippen LogP contribution in [0.1, 0.15) is 10.6 Å². The van der Waals surface area contributed by atoms with Crippen molar-refractivity contribution >= 4 is 28.4 Å². The Bertz CT molecular complexity index is 779. The third kappa shape index (κ3) is 5.72. The van der Waals surface area contributed by atoms with Gasteiger partial charge in [-0.15, -0.1) is 10.2 Å². The number of nitrogens with one attached hydrogen (secondary N) is 2. The van der Waals surface area contributed by atoms with Crippen molar-refractivity contribution in [2.75, 3.05) is 38.7 Å². The highest BCUT2D eigenvalue weighted by Crippen LogP contribution is 2.16. The molecule has 0 aliphatic carbocycles. The van der Waals surface area contributed by atoms with Crippen LogP contribution < -0.4 is 10.6 Å². The van der Waals surface area contributed by atoms with Crippen molar-refractivity contribution in [3.8, 4) is 0 Å². The molecule has 1 atom stereocenters. The van der Waals surface area contributed by atoms with E-state index in [9.17, 15) is 9.59 Å². The summed E-state index contributed by atoms with van der Waals surface area (Å²) in [6.45, 7) is 2.32. The van der Waals surface area contributed by atoms with Crippen LogP contribution in [0.2, 0.25) is 0 Å². The van der Waals surface area contributed by atoms with E-state index in [-0.39, 0.29) is 11.9 Å². The molecule has 0 saturated carbocycles. The van der Waals surface area contributed by atoms with Crippen molar-refractivity contribution in [1.82, 2.24) is 20.4 Å². The third-order valence-corrected chi connectivity index (χ3v) is 4.97. The molecule has 1 aromatic carbocycles. The maximum atomic E-state index is 12.8. The monoisotopic (exact) mass is 405 g/mol. The Hall–Kier alpha value is -2.56. The summed E-state index contributed by atoms with van der Waals surface area (Å²) < 4.78 is 10.3. The lowest BCUT2D eigenvalue weighted by Crippen LogP contribution is -2.53. The SMILES string of the molecule is COCc1nnc(NC(=O)[C@H](Cc2ccccc2)NC(=O)N2CCOCC2)s1. The number of anilines is 1. The summed E-state index contributed by atoms with van der Waals surface area (Å²) in [5.41, 5.74) is 0.947. The number of aromatic nitrogens is 2. The number of nitrogens with zero attached hydrogens (tertiary/aromatic N) is 3. The van der Waals surface area contributed by atoms with E-state index in [1.807, 2.05) is 30.3 Å². The molecular formula is C18H23N5O4S. The summed E-state index contributed by atoms with van der Waals surface area (Å²) in [5.74, 6) is -0.342. The molecule has 0 unspecified atom stereocenters. The van der Waals surface area contributed by atoms with Gasteiger partial charge in [0.15, 0.2) is 0 Å². The number of hydrogen-bond acceptors (Lipinski definition) is 7. The molecule has 150 valence electrons. The predicted molar refractivity (Wildman–Crippen MR) is 104 cm³/mol. The van der Waals surface area contributed by atoms with Crippen molar-refractivity contribution in [2.24, 2.45) is 0 Å². The number of hydrogen-bond donors (Lipinski definition) is 2. The van der Waals surface area contributed by atoms with Gasteiger partial charge in [0, 0.05) is 26.6 Å². The standard InChI is InChI=1S/C18H23N5O4S/c1-26-12-15-21-22-17(28-15)20-16(24)14(11-13-5-3-2-4-6-13)19-18(25)23-7-9-27-10-8-23/h2-6,14H,7-12H2,1H3,(H,19,25)(H,20,22,24)/t14-/m0/s1. The van der Waals surface area contributed by atoms with Gasteiger partial charge in [0.2, 0.25) is 11.0 Å². The molecule has 1 fully saturated rings. The van der Waals surface area contributed by atoms with Gasteiger partial charge in [-0.05, 0) is 5.56 Å². The Morgan fingerprint density at radius 1 is 1.25 bits per heavy atom. The molecule has 2 N–H and O–H groups in total. The van der Waals surface area contributed by atoms with Crippen LogP contribution in [0.5, 0.6) is 0 Å². The van der Waals surface area contributed by atoms with Crippen molar-refractivity contribution < 1.29 is 19.1 Å². The maximum Gasteiger partial charge on any atom is 0.318 e. The van der Waals surface area contributed by atoms with Gasteiger partial charge >= 0.3 is 6.03 Å². The minimum atomic E-state index is -0.743. The number of urea groups is 1. The first kappa shape index (κ1) is 20.2. The number of carbonyl (C=O) groups is 2. The molecular weight excluding hydrogens is 382 g/mol. The average Bonchev–Trinajstić information content (AvgIpc) is 3.16. The number of rotatable bonds is 7. The molecule has 1 aliphatic heterocycles. The Kier molecular flexibility index (Phi) is 7.29. The zero-order chi connectivity index (χ0) is 19.8. The van der Waals surface area contributed by atoms with Gasteiger partial charge in [0.05, 0.1) is 13.2 Å². The van der Waals surface area contributed by atoms with Crippen LogP contribution in [0, 0.1) is 0 Å².